The lowest BCUT2D eigenvalue weighted by Gasteiger charge is -2.05. The Balaban J connectivity index is 2.56. The van der Waals surface area contributed by atoms with Gasteiger partial charge in [-0.2, -0.15) is 4.98 Å². The molecular formula is C11H8FIN2O3. The highest BCUT2D eigenvalue weighted by molar-refractivity contribution is 14.1. The van der Waals surface area contributed by atoms with Crippen molar-refractivity contribution in [1.82, 2.24) is 9.97 Å². The zero-order valence-corrected chi connectivity index (χ0v) is 11.4. The van der Waals surface area contributed by atoms with Crippen LogP contribution in [0.5, 0.6) is 11.6 Å². The molecule has 0 spiro atoms. The van der Waals surface area contributed by atoms with Crippen LogP contribution in [0.4, 0.5) is 4.39 Å². The Kier molecular flexibility index (Phi) is 3.50. The fourth-order valence-electron chi connectivity index (χ4n) is 1.40. The number of benzene rings is 1. The second-order valence-electron chi connectivity index (χ2n) is 3.40. The van der Waals surface area contributed by atoms with Gasteiger partial charge in [0.2, 0.25) is 5.88 Å². The van der Waals surface area contributed by atoms with Gasteiger partial charge in [0.15, 0.2) is 11.6 Å². The summed E-state index contributed by atoms with van der Waals surface area (Å²) in [4.78, 5) is 17.7. The second-order valence-corrected chi connectivity index (χ2v) is 4.48. The molecule has 0 aliphatic carbocycles. The fraction of sp³-hybridized carbons (Fsp3) is 0.0909. The first kappa shape index (κ1) is 12.8. The number of aromatic hydroxyl groups is 1. The van der Waals surface area contributed by atoms with Gasteiger partial charge in [-0.15, -0.1) is 0 Å². The number of nitrogens with one attached hydrogen (secondary N) is 1. The van der Waals surface area contributed by atoms with Gasteiger partial charge >= 0.3 is 0 Å². The summed E-state index contributed by atoms with van der Waals surface area (Å²) in [6.07, 6.45) is 0. The summed E-state index contributed by atoms with van der Waals surface area (Å²) >= 11 is 1.67. The molecule has 2 rings (SSSR count). The van der Waals surface area contributed by atoms with Crippen molar-refractivity contribution < 1.29 is 14.2 Å². The summed E-state index contributed by atoms with van der Waals surface area (Å²) in [6.45, 7) is 0. The van der Waals surface area contributed by atoms with Crippen LogP contribution in [0.2, 0.25) is 0 Å². The van der Waals surface area contributed by atoms with Crippen molar-refractivity contribution in [2.24, 2.45) is 0 Å². The van der Waals surface area contributed by atoms with E-state index < -0.39 is 11.4 Å². The molecule has 1 heterocycles. The largest absolute Gasteiger partial charge is 0.494 e. The van der Waals surface area contributed by atoms with E-state index in [1.807, 2.05) is 0 Å². The molecule has 0 aliphatic heterocycles. The molecule has 0 unspecified atom stereocenters. The van der Waals surface area contributed by atoms with Gasteiger partial charge in [-0.25, -0.2) is 4.39 Å². The van der Waals surface area contributed by atoms with Gasteiger partial charge in [0.1, 0.15) is 9.39 Å². The van der Waals surface area contributed by atoms with Gasteiger partial charge in [0.05, 0.1) is 7.11 Å². The molecule has 0 radical (unpaired) electrons. The van der Waals surface area contributed by atoms with Crippen LogP contribution in [-0.2, 0) is 0 Å². The van der Waals surface area contributed by atoms with Crippen LogP contribution in [0.3, 0.4) is 0 Å². The van der Waals surface area contributed by atoms with Crippen molar-refractivity contribution in [2.45, 2.75) is 0 Å². The van der Waals surface area contributed by atoms with E-state index in [0.717, 1.165) is 0 Å². The third kappa shape index (κ3) is 2.30. The standard InChI is InChI=1S/C11H8FIN2O3/c1-18-7-3-2-5(4-6(7)12)9-14-10(16)8(13)11(17)15-9/h2-4H,1H3,(H2,14,15,16,17). The zero-order valence-electron chi connectivity index (χ0n) is 9.20. The maximum absolute atomic E-state index is 13.5. The highest BCUT2D eigenvalue weighted by Crippen LogP contribution is 2.24. The van der Waals surface area contributed by atoms with Crippen molar-refractivity contribution in [3.63, 3.8) is 0 Å². The number of aromatic amines is 1. The molecule has 0 fully saturated rings. The third-order valence-corrected chi connectivity index (χ3v) is 3.24. The predicted octanol–water partition coefficient (Wildman–Crippen LogP) is 1.89. The fourth-order valence-corrected chi connectivity index (χ4v) is 1.65. The van der Waals surface area contributed by atoms with Gasteiger partial charge in [0, 0.05) is 5.56 Å². The number of aromatic nitrogens is 2. The van der Waals surface area contributed by atoms with Crippen molar-refractivity contribution >= 4 is 22.6 Å². The minimum absolute atomic E-state index is 0.0883. The topological polar surface area (TPSA) is 75.2 Å². The van der Waals surface area contributed by atoms with Crippen LogP contribution in [-0.4, -0.2) is 22.2 Å². The highest BCUT2D eigenvalue weighted by Gasteiger charge is 2.11. The van der Waals surface area contributed by atoms with E-state index in [9.17, 15) is 14.3 Å². The highest BCUT2D eigenvalue weighted by atomic mass is 127. The summed E-state index contributed by atoms with van der Waals surface area (Å²) in [5, 5.41) is 9.46. The van der Waals surface area contributed by atoms with Crippen molar-refractivity contribution in [2.75, 3.05) is 7.11 Å². The molecule has 0 atom stereocenters. The molecule has 1 aromatic carbocycles. The molecule has 0 amide bonds. The number of H-pyrrole nitrogens is 1. The SMILES string of the molecule is COc1ccc(-c2nc(O)c(I)c(=O)[nH]2)cc1F. The molecule has 7 heteroatoms. The van der Waals surface area contributed by atoms with Crippen molar-refractivity contribution in [1.29, 1.82) is 0 Å². The van der Waals surface area contributed by atoms with Crippen molar-refractivity contribution in [3.05, 3.63) is 37.9 Å². The number of nitrogens with zero attached hydrogens (tertiary/aromatic N) is 1. The smallest absolute Gasteiger partial charge is 0.268 e. The summed E-state index contributed by atoms with van der Waals surface area (Å²) in [5.41, 5.74) is -0.133. The van der Waals surface area contributed by atoms with Crippen LogP contribution in [0.1, 0.15) is 0 Å². The first-order valence-corrected chi connectivity index (χ1v) is 5.93. The molecule has 2 aromatic rings. The molecule has 0 saturated carbocycles. The Hall–Kier alpha value is -1.64. The lowest BCUT2D eigenvalue weighted by atomic mass is 10.2. The Morgan fingerprint density at radius 2 is 2.22 bits per heavy atom. The molecule has 5 nitrogen and oxygen atoms in total. The number of hydrogen-bond acceptors (Lipinski definition) is 4. The van der Waals surface area contributed by atoms with Gasteiger partial charge in [-0.05, 0) is 40.8 Å². The van der Waals surface area contributed by atoms with Gasteiger partial charge in [0.25, 0.3) is 5.56 Å². The molecule has 18 heavy (non-hydrogen) atoms. The first-order chi connectivity index (χ1) is 8.52. The lowest BCUT2D eigenvalue weighted by Crippen LogP contribution is -2.12. The van der Waals surface area contributed by atoms with Crippen LogP contribution in [0, 0.1) is 9.39 Å². The normalized spacial score (nSPS) is 10.4. The lowest BCUT2D eigenvalue weighted by molar-refractivity contribution is 0.386. The number of rotatable bonds is 2. The molecule has 0 aliphatic rings. The van der Waals surface area contributed by atoms with Crippen LogP contribution in [0.15, 0.2) is 23.0 Å². The third-order valence-electron chi connectivity index (χ3n) is 2.27. The van der Waals surface area contributed by atoms with E-state index in [1.165, 1.54) is 25.3 Å². The maximum atomic E-state index is 13.5. The van der Waals surface area contributed by atoms with E-state index in [2.05, 4.69) is 9.97 Å². The molecule has 94 valence electrons. The minimum atomic E-state index is -0.573. The number of hydrogen-bond donors (Lipinski definition) is 2. The summed E-state index contributed by atoms with van der Waals surface area (Å²) in [5.74, 6) is -0.767. The summed E-state index contributed by atoms with van der Waals surface area (Å²) < 4.78 is 18.4. The Morgan fingerprint density at radius 3 is 2.78 bits per heavy atom. The van der Waals surface area contributed by atoms with Gasteiger partial charge in [-0.1, -0.05) is 0 Å². The van der Waals surface area contributed by atoms with E-state index in [1.54, 1.807) is 22.6 Å². The number of halogens is 2. The second kappa shape index (κ2) is 4.92. The van der Waals surface area contributed by atoms with E-state index in [0.29, 0.717) is 5.56 Å². The molecular weight excluding hydrogens is 354 g/mol. The Labute approximate surface area is 115 Å². The van der Waals surface area contributed by atoms with E-state index in [-0.39, 0.29) is 21.0 Å². The average Bonchev–Trinajstić information content (AvgIpc) is 2.35. The van der Waals surface area contributed by atoms with E-state index in [4.69, 9.17) is 4.74 Å². The summed E-state index contributed by atoms with van der Waals surface area (Å²) in [6, 6.07) is 4.12. The Morgan fingerprint density at radius 1 is 1.50 bits per heavy atom. The molecule has 1 aromatic heterocycles. The van der Waals surface area contributed by atoms with Gasteiger partial charge in [-0.3, -0.25) is 4.79 Å². The Bertz CT molecular complexity index is 657. The minimum Gasteiger partial charge on any atom is -0.494 e. The summed E-state index contributed by atoms with van der Waals surface area (Å²) in [7, 11) is 1.36. The zero-order chi connectivity index (χ0) is 13.3. The molecule has 0 bridgehead atoms. The average molecular weight is 362 g/mol. The van der Waals surface area contributed by atoms with Crippen LogP contribution in [0.25, 0.3) is 11.4 Å². The van der Waals surface area contributed by atoms with Crippen LogP contribution < -0.4 is 10.3 Å². The molecule has 2 N–H and O–H groups in total. The number of ether oxygens (including phenoxy) is 1. The monoisotopic (exact) mass is 362 g/mol. The molecule has 0 saturated heterocycles. The number of methoxy groups -OCH3 is 1. The van der Waals surface area contributed by atoms with Gasteiger partial charge < -0.3 is 14.8 Å². The first-order valence-electron chi connectivity index (χ1n) is 4.85. The maximum Gasteiger partial charge on any atom is 0.268 e. The van der Waals surface area contributed by atoms with Crippen molar-refractivity contribution in [3.8, 4) is 23.0 Å². The van der Waals surface area contributed by atoms with E-state index >= 15 is 0 Å². The van der Waals surface area contributed by atoms with Crippen LogP contribution >= 0.6 is 22.6 Å². The predicted molar refractivity (Wildman–Crippen MR) is 71.2 cm³/mol. The quantitative estimate of drug-likeness (QED) is 0.801.